The molecule has 0 N–H and O–H groups in total. The van der Waals surface area contributed by atoms with Gasteiger partial charge >= 0.3 is 0 Å². The van der Waals surface area contributed by atoms with Crippen LogP contribution >= 0.6 is 22.7 Å². The zero-order valence-corrected chi connectivity index (χ0v) is 31.7. The Morgan fingerprint density at radius 1 is 0.339 bits per heavy atom. The van der Waals surface area contributed by atoms with Crippen LogP contribution in [-0.4, -0.2) is 9.13 Å². The molecule has 0 saturated heterocycles. The Kier molecular flexibility index (Phi) is 6.13. The number of hydrogen-bond acceptors (Lipinski definition) is 3. The van der Waals surface area contributed by atoms with Gasteiger partial charge in [-0.2, -0.15) is 0 Å². The lowest BCUT2D eigenvalue weighted by atomic mass is 9.65. The summed E-state index contributed by atoms with van der Waals surface area (Å²) in [7, 11) is 0. The van der Waals surface area contributed by atoms with E-state index in [4.69, 9.17) is 0 Å². The molecule has 1 spiro atoms. The van der Waals surface area contributed by atoms with Crippen molar-refractivity contribution in [3.05, 3.63) is 209 Å². The molecular formula is C51H31N3S2. The Labute approximate surface area is 331 Å². The first-order valence-electron chi connectivity index (χ1n) is 19.1. The second-order valence-corrected chi connectivity index (χ2v) is 16.7. The van der Waals surface area contributed by atoms with Crippen molar-refractivity contribution in [2.24, 2.45) is 0 Å². The fourth-order valence-electron chi connectivity index (χ4n) is 10.1. The summed E-state index contributed by atoms with van der Waals surface area (Å²) in [5.41, 5.74) is 15.7. The van der Waals surface area contributed by atoms with Crippen molar-refractivity contribution < 1.29 is 0 Å². The van der Waals surface area contributed by atoms with Gasteiger partial charge in [-0.1, -0.05) is 91.0 Å². The fraction of sp³-hybridized carbons (Fsp3) is 0.0196. The molecule has 0 atom stereocenters. The van der Waals surface area contributed by atoms with Crippen molar-refractivity contribution in [1.82, 2.24) is 9.13 Å². The van der Waals surface area contributed by atoms with Crippen molar-refractivity contribution in [1.29, 1.82) is 0 Å². The van der Waals surface area contributed by atoms with E-state index in [1.807, 2.05) is 22.7 Å². The quantitative estimate of drug-likeness (QED) is 0.175. The van der Waals surface area contributed by atoms with Gasteiger partial charge in [0.25, 0.3) is 0 Å². The third kappa shape index (κ3) is 3.81. The molecule has 0 fully saturated rings. The summed E-state index contributed by atoms with van der Waals surface area (Å²) in [6.45, 7) is 0. The highest BCUT2D eigenvalue weighted by molar-refractivity contribution is 7.21. The summed E-state index contributed by atoms with van der Waals surface area (Å²) in [6.07, 6.45) is 0. The van der Waals surface area contributed by atoms with Crippen molar-refractivity contribution in [3.63, 3.8) is 0 Å². The lowest BCUT2D eigenvalue weighted by Crippen LogP contribution is -2.35. The first kappa shape index (κ1) is 30.6. The number of para-hydroxylation sites is 5. The predicted molar refractivity (Wildman–Crippen MR) is 236 cm³/mol. The summed E-state index contributed by atoms with van der Waals surface area (Å²) in [6, 6.07) is 65.4. The van der Waals surface area contributed by atoms with Crippen molar-refractivity contribution in [2.75, 3.05) is 4.90 Å². The number of fused-ring (bicyclic) bond motifs is 15. The molecule has 2 aliphatic rings. The van der Waals surface area contributed by atoms with Crippen molar-refractivity contribution >= 4 is 83.3 Å². The molecule has 0 unspecified atom stereocenters. The summed E-state index contributed by atoms with van der Waals surface area (Å²) in [5.74, 6) is 0. The van der Waals surface area contributed by atoms with E-state index in [1.165, 1.54) is 87.0 Å². The molecule has 7 aromatic carbocycles. The average molecular weight is 750 g/mol. The molecule has 3 nitrogen and oxygen atoms in total. The number of thiophene rings is 2. The molecule has 262 valence electrons. The third-order valence-electron chi connectivity index (χ3n) is 12.3. The third-order valence-corrected chi connectivity index (χ3v) is 14.3. The van der Waals surface area contributed by atoms with E-state index >= 15 is 0 Å². The van der Waals surface area contributed by atoms with E-state index in [0.29, 0.717) is 0 Å². The maximum Gasteiger partial charge on any atom is 0.0771 e. The van der Waals surface area contributed by atoms with E-state index < -0.39 is 5.41 Å². The molecule has 13 rings (SSSR count). The van der Waals surface area contributed by atoms with Crippen molar-refractivity contribution in [2.45, 2.75) is 5.41 Å². The highest BCUT2D eigenvalue weighted by atomic mass is 32.1. The first-order chi connectivity index (χ1) is 27.8. The van der Waals surface area contributed by atoms with E-state index in [-0.39, 0.29) is 0 Å². The number of nitrogens with zero attached hydrogens (tertiary/aromatic N) is 3. The molecule has 56 heavy (non-hydrogen) atoms. The van der Waals surface area contributed by atoms with Gasteiger partial charge in [-0.3, -0.25) is 0 Å². The summed E-state index contributed by atoms with van der Waals surface area (Å²) in [5, 5.41) is 9.60. The zero-order valence-electron chi connectivity index (χ0n) is 30.1. The minimum atomic E-state index is -0.454. The molecule has 4 aromatic heterocycles. The Bertz CT molecular complexity index is 3340. The van der Waals surface area contributed by atoms with E-state index in [2.05, 4.69) is 201 Å². The van der Waals surface area contributed by atoms with Gasteiger partial charge in [-0.05, 0) is 118 Å². The summed E-state index contributed by atoms with van der Waals surface area (Å²) < 4.78 is 4.85. The lowest BCUT2D eigenvalue weighted by Gasteiger charge is -2.44. The van der Waals surface area contributed by atoms with Crippen LogP contribution in [0.1, 0.15) is 22.3 Å². The molecule has 1 aliphatic heterocycles. The van der Waals surface area contributed by atoms with Crippen LogP contribution in [0.5, 0.6) is 0 Å². The molecule has 0 bridgehead atoms. The number of hydrogen-bond donors (Lipinski definition) is 0. The normalized spacial score (nSPS) is 13.8. The number of benzene rings is 7. The number of aromatic nitrogens is 2. The molecule has 1 aliphatic carbocycles. The number of anilines is 3. The molecule has 0 radical (unpaired) electrons. The summed E-state index contributed by atoms with van der Waals surface area (Å²) in [4.78, 5) is 5.34. The van der Waals surface area contributed by atoms with Gasteiger partial charge in [-0.15, -0.1) is 22.7 Å². The monoisotopic (exact) mass is 749 g/mol. The highest BCUT2D eigenvalue weighted by Gasteiger charge is 2.53. The van der Waals surface area contributed by atoms with E-state index in [9.17, 15) is 0 Å². The molecule has 0 amide bonds. The maximum atomic E-state index is 2.55. The average Bonchev–Trinajstić information content (AvgIpc) is 4.09. The number of rotatable bonds is 3. The van der Waals surface area contributed by atoms with Gasteiger partial charge in [0, 0.05) is 48.4 Å². The van der Waals surface area contributed by atoms with Crippen LogP contribution in [0.3, 0.4) is 0 Å². The second-order valence-electron chi connectivity index (χ2n) is 14.9. The van der Waals surface area contributed by atoms with Crippen molar-refractivity contribution in [3.8, 4) is 21.1 Å². The minimum absolute atomic E-state index is 0.454. The first-order valence-corrected chi connectivity index (χ1v) is 20.8. The van der Waals surface area contributed by atoms with Crippen LogP contribution in [-0.2, 0) is 5.41 Å². The van der Waals surface area contributed by atoms with Crippen LogP contribution in [0.15, 0.2) is 187 Å². The van der Waals surface area contributed by atoms with Crippen LogP contribution < -0.4 is 4.90 Å². The molecule has 5 heterocycles. The lowest BCUT2D eigenvalue weighted by molar-refractivity contribution is 0.757. The Morgan fingerprint density at radius 3 is 1.54 bits per heavy atom. The smallest absolute Gasteiger partial charge is 0.0771 e. The Hall–Kier alpha value is -6.66. The van der Waals surface area contributed by atoms with Crippen LogP contribution in [0, 0.1) is 0 Å². The van der Waals surface area contributed by atoms with E-state index in [0.717, 1.165) is 17.1 Å². The molecule has 0 saturated carbocycles. The Balaban J connectivity index is 1.17. The van der Waals surface area contributed by atoms with Gasteiger partial charge in [0.15, 0.2) is 0 Å². The minimum Gasteiger partial charge on any atom is -0.310 e. The van der Waals surface area contributed by atoms with Crippen LogP contribution in [0.25, 0.3) is 64.7 Å². The van der Waals surface area contributed by atoms with Crippen LogP contribution in [0.2, 0.25) is 0 Å². The predicted octanol–water partition coefficient (Wildman–Crippen LogP) is 14.2. The maximum absolute atomic E-state index is 2.55. The van der Waals surface area contributed by atoms with Gasteiger partial charge in [0.1, 0.15) is 0 Å². The summed E-state index contributed by atoms with van der Waals surface area (Å²) >= 11 is 3.75. The fourth-order valence-corrected chi connectivity index (χ4v) is 12.2. The zero-order chi connectivity index (χ0) is 36.5. The van der Waals surface area contributed by atoms with Gasteiger partial charge in [0.05, 0.1) is 38.9 Å². The Morgan fingerprint density at radius 2 is 0.875 bits per heavy atom. The van der Waals surface area contributed by atoms with Gasteiger partial charge in [-0.25, -0.2) is 0 Å². The molecule has 11 aromatic rings. The van der Waals surface area contributed by atoms with Gasteiger partial charge < -0.3 is 14.0 Å². The second kappa shape index (κ2) is 11.2. The standard InChI is InChI=1S/C51H31N3S2/c1-3-13-32(14-4-1)52-43-20-10-7-17-35(43)37-29-34(23-24-45(37)52)54-46-22-12-9-19-39(46)51(40-25-27-55-49(40)50-41(51)26-28-56-50)42-30-38-36-18-8-11-21-44(36)53(47(38)31-48(42)54)33-15-5-2-6-16-33/h1-31H. The largest absolute Gasteiger partial charge is 0.310 e. The highest BCUT2D eigenvalue weighted by Crippen LogP contribution is 2.66. The topological polar surface area (TPSA) is 13.1 Å². The van der Waals surface area contributed by atoms with E-state index in [1.54, 1.807) is 0 Å². The van der Waals surface area contributed by atoms with Gasteiger partial charge in [0.2, 0.25) is 0 Å². The SMILES string of the molecule is c1ccc(-n2c3ccccc3c3cc(N4c5ccccc5C5(c6cc7c8ccccc8n(-c8ccccc8)c7cc64)c4ccsc4-c4sccc45)ccc32)cc1. The van der Waals surface area contributed by atoms with Crippen LogP contribution in [0.4, 0.5) is 17.1 Å². The molecule has 5 heteroatoms. The molecular weight excluding hydrogens is 719 g/mol.